The van der Waals surface area contributed by atoms with Gasteiger partial charge in [-0.25, -0.2) is 4.39 Å². The Kier molecular flexibility index (Phi) is 4.81. The molecule has 0 saturated carbocycles. The Hall–Kier alpha value is -2.40. The second-order valence-electron chi connectivity index (χ2n) is 5.54. The Morgan fingerprint density at radius 2 is 1.25 bits per heavy atom. The standard InChI is InChI=1S/C18H16ClFN2O2/c19-15-7-3-1-5-13(15)17(23)21-9-11-22(12-10-21)18(24)14-6-2-4-8-16(14)20/h1-8H,9-12H2. The number of hydrogen-bond donors (Lipinski definition) is 0. The molecule has 124 valence electrons. The summed E-state index contributed by atoms with van der Waals surface area (Å²) in [7, 11) is 0. The van der Waals surface area contributed by atoms with Crippen LogP contribution in [0.4, 0.5) is 4.39 Å². The highest BCUT2D eigenvalue weighted by Crippen LogP contribution is 2.19. The molecule has 1 aliphatic heterocycles. The number of carbonyl (C=O) groups excluding carboxylic acids is 2. The molecule has 3 rings (SSSR count). The van der Waals surface area contributed by atoms with E-state index in [-0.39, 0.29) is 17.4 Å². The SMILES string of the molecule is O=C(c1ccccc1F)N1CCN(C(=O)c2ccccc2Cl)CC1. The molecule has 4 nitrogen and oxygen atoms in total. The van der Waals surface area contributed by atoms with Crippen LogP contribution in [-0.4, -0.2) is 47.8 Å². The average molecular weight is 347 g/mol. The molecule has 0 aliphatic carbocycles. The summed E-state index contributed by atoms with van der Waals surface area (Å²) in [5, 5.41) is 0.410. The second-order valence-corrected chi connectivity index (χ2v) is 5.95. The number of hydrogen-bond acceptors (Lipinski definition) is 2. The van der Waals surface area contributed by atoms with E-state index < -0.39 is 5.82 Å². The van der Waals surface area contributed by atoms with Gasteiger partial charge in [0.1, 0.15) is 5.82 Å². The van der Waals surface area contributed by atoms with E-state index in [4.69, 9.17) is 11.6 Å². The van der Waals surface area contributed by atoms with Crippen LogP contribution in [0.25, 0.3) is 0 Å². The summed E-state index contributed by atoms with van der Waals surface area (Å²) < 4.78 is 13.7. The molecule has 0 radical (unpaired) electrons. The first-order valence-electron chi connectivity index (χ1n) is 7.65. The van der Waals surface area contributed by atoms with Crippen molar-refractivity contribution >= 4 is 23.4 Å². The quantitative estimate of drug-likeness (QED) is 0.838. The van der Waals surface area contributed by atoms with Gasteiger partial charge in [-0.3, -0.25) is 9.59 Å². The summed E-state index contributed by atoms with van der Waals surface area (Å²) in [6.07, 6.45) is 0. The van der Waals surface area contributed by atoms with E-state index in [2.05, 4.69) is 0 Å². The Bertz CT molecular complexity index is 708. The maximum atomic E-state index is 13.7. The Labute approximate surface area is 144 Å². The molecule has 24 heavy (non-hydrogen) atoms. The van der Waals surface area contributed by atoms with Gasteiger partial charge in [0.05, 0.1) is 16.1 Å². The highest BCUT2D eigenvalue weighted by atomic mass is 35.5. The number of benzene rings is 2. The zero-order chi connectivity index (χ0) is 17.1. The molecule has 1 fully saturated rings. The van der Waals surface area contributed by atoms with Crippen molar-refractivity contribution in [3.63, 3.8) is 0 Å². The fourth-order valence-electron chi connectivity index (χ4n) is 2.72. The fraction of sp³-hybridized carbons (Fsp3) is 0.222. The summed E-state index contributed by atoms with van der Waals surface area (Å²) in [5.74, 6) is -1.03. The van der Waals surface area contributed by atoms with Crippen LogP contribution in [0.3, 0.4) is 0 Å². The zero-order valence-corrected chi connectivity index (χ0v) is 13.7. The topological polar surface area (TPSA) is 40.6 Å². The predicted octanol–water partition coefficient (Wildman–Crippen LogP) is 3.08. The van der Waals surface area contributed by atoms with Gasteiger partial charge in [0, 0.05) is 26.2 Å². The van der Waals surface area contributed by atoms with Gasteiger partial charge >= 0.3 is 0 Å². The van der Waals surface area contributed by atoms with Crippen molar-refractivity contribution in [2.45, 2.75) is 0 Å². The average Bonchev–Trinajstić information content (AvgIpc) is 2.61. The highest BCUT2D eigenvalue weighted by Gasteiger charge is 2.27. The lowest BCUT2D eigenvalue weighted by Crippen LogP contribution is -2.50. The van der Waals surface area contributed by atoms with Crippen LogP contribution in [-0.2, 0) is 0 Å². The summed E-state index contributed by atoms with van der Waals surface area (Å²) >= 11 is 6.06. The van der Waals surface area contributed by atoms with E-state index in [9.17, 15) is 14.0 Å². The van der Waals surface area contributed by atoms with Crippen molar-refractivity contribution in [3.05, 3.63) is 70.5 Å². The normalized spacial score (nSPS) is 14.6. The van der Waals surface area contributed by atoms with E-state index >= 15 is 0 Å². The first-order chi connectivity index (χ1) is 11.6. The maximum absolute atomic E-state index is 13.7. The molecule has 1 aliphatic rings. The smallest absolute Gasteiger partial charge is 0.256 e. The number of piperazine rings is 1. The van der Waals surface area contributed by atoms with Gasteiger partial charge in [0.15, 0.2) is 0 Å². The van der Waals surface area contributed by atoms with Crippen LogP contribution in [0, 0.1) is 5.82 Å². The van der Waals surface area contributed by atoms with Gasteiger partial charge in [-0.1, -0.05) is 35.9 Å². The molecule has 0 aromatic heterocycles. The summed E-state index contributed by atoms with van der Waals surface area (Å²) in [6.45, 7) is 1.52. The molecule has 0 spiro atoms. The number of halogens is 2. The second kappa shape index (κ2) is 7.01. The van der Waals surface area contributed by atoms with E-state index in [1.165, 1.54) is 12.1 Å². The van der Waals surface area contributed by atoms with Crippen molar-refractivity contribution in [2.24, 2.45) is 0 Å². The molecule has 0 unspecified atom stereocenters. The van der Waals surface area contributed by atoms with Crippen molar-refractivity contribution in [3.8, 4) is 0 Å². The number of nitrogens with zero attached hydrogens (tertiary/aromatic N) is 2. The van der Waals surface area contributed by atoms with Crippen LogP contribution in [0.2, 0.25) is 5.02 Å². The van der Waals surface area contributed by atoms with E-state index in [0.717, 1.165) is 0 Å². The lowest BCUT2D eigenvalue weighted by atomic mass is 10.1. The van der Waals surface area contributed by atoms with Gasteiger partial charge < -0.3 is 9.80 Å². The minimum atomic E-state index is -0.530. The zero-order valence-electron chi connectivity index (χ0n) is 12.9. The number of amides is 2. The third-order valence-corrected chi connectivity index (χ3v) is 4.39. The molecule has 0 atom stereocenters. The van der Waals surface area contributed by atoms with Crippen LogP contribution >= 0.6 is 11.6 Å². The molecular formula is C18H16ClFN2O2. The third kappa shape index (κ3) is 3.26. The summed E-state index contributed by atoms with van der Waals surface area (Å²) in [4.78, 5) is 28.1. The minimum Gasteiger partial charge on any atom is -0.335 e. The molecule has 1 heterocycles. The molecule has 0 N–H and O–H groups in total. The molecule has 1 saturated heterocycles. The lowest BCUT2D eigenvalue weighted by Gasteiger charge is -2.35. The van der Waals surface area contributed by atoms with Gasteiger partial charge in [-0.05, 0) is 24.3 Å². The third-order valence-electron chi connectivity index (χ3n) is 4.06. The van der Waals surface area contributed by atoms with Crippen LogP contribution in [0.15, 0.2) is 48.5 Å². The molecule has 2 aromatic carbocycles. The minimum absolute atomic E-state index is 0.0587. The van der Waals surface area contributed by atoms with Crippen molar-refractivity contribution < 1.29 is 14.0 Å². The Morgan fingerprint density at radius 1 is 0.792 bits per heavy atom. The molecule has 6 heteroatoms. The highest BCUT2D eigenvalue weighted by molar-refractivity contribution is 6.33. The Balaban J connectivity index is 1.66. The van der Waals surface area contributed by atoms with Crippen LogP contribution < -0.4 is 0 Å². The van der Waals surface area contributed by atoms with E-state index in [1.54, 1.807) is 46.2 Å². The van der Waals surface area contributed by atoms with E-state index in [0.29, 0.717) is 36.8 Å². The van der Waals surface area contributed by atoms with Crippen molar-refractivity contribution in [2.75, 3.05) is 26.2 Å². The first kappa shape index (κ1) is 16.5. The Morgan fingerprint density at radius 3 is 1.79 bits per heavy atom. The van der Waals surface area contributed by atoms with Crippen LogP contribution in [0.1, 0.15) is 20.7 Å². The number of carbonyl (C=O) groups is 2. The fourth-order valence-corrected chi connectivity index (χ4v) is 2.94. The molecule has 2 amide bonds. The lowest BCUT2D eigenvalue weighted by molar-refractivity contribution is 0.0533. The molecule has 2 aromatic rings. The maximum Gasteiger partial charge on any atom is 0.256 e. The van der Waals surface area contributed by atoms with Crippen molar-refractivity contribution in [1.29, 1.82) is 0 Å². The van der Waals surface area contributed by atoms with Gasteiger partial charge in [-0.2, -0.15) is 0 Å². The largest absolute Gasteiger partial charge is 0.335 e. The predicted molar refractivity (Wildman–Crippen MR) is 89.7 cm³/mol. The monoisotopic (exact) mass is 346 g/mol. The number of rotatable bonds is 2. The summed E-state index contributed by atoms with van der Waals surface area (Å²) in [5.41, 5.74) is 0.511. The summed E-state index contributed by atoms with van der Waals surface area (Å²) in [6, 6.07) is 12.8. The first-order valence-corrected chi connectivity index (χ1v) is 8.03. The van der Waals surface area contributed by atoms with E-state index in [1.807, 2.05) is 0 Å². The van der Waals surface area contributed by atoms with Crippen molar-refractivity contribution in [1.82, 2.24) is 9.80 Å². The molecule has 0 bridgehead atoms. The van der Waals surface area contributed by atoms with Gasteiger partial charge in [0.25, 0.3) is 11.8 Å². The van der Waals surface area contributed by atoms with Gasteiger partial charge in [0.2, 0.25) is 0 Å². The molecular weight excluding hydrogens is 331 g/mol. The van der Waals surface area contributed by atoms with Crippen LogP contribution in [0.5, 0.6) is 0 Å². The van der Waals surface area contributed by atoms with Gasteiger partial charge in [-0.15, -0.1) is 0 Å².